The standard InChI is InChI=1S/C23H24FN3/c24-21-4-1-3-19(15-21)16-22-5-2-6-23(26-22)20-9-13-27(14-10-20)17-18-7-11-25-12-8-18/h1-8,11-12,15,20H,9-10,13-14,16-17H2. The number of likely N-dealkylation sites (tertiary alicyclic amines) is 1. The Bertz CT molecular complexity index is 874. The zero-order valence-corrected chi connectivity index (χ0v) is 15.4. The number of hydrogen-bond donors (Lipinski definition) is 0. The van der Waals surface area contributed by atoms with E-state index in [2.05, 4.69) is 34.1 Å². The van der Waals surface area contributed by atoms with Crippen LogP contribution in [0.15, 0.2) is 67.0 Å². The molecule has 3 aromatic rings. The second-order valence-electron chi connectivity index (χ2n) is 7.27. The molecule has 3 nitrogen and oxygen atoms in total. The number of rotatable bonds is 5. The fraction of sp³-hybridized carbons (Fsp3) is 0.304. The summed E-state index contributed by atoms with van der Waals surface area (Å²) in [7, 11) is 0. The highest BCUT2D eigenvalue weighted by Gasteiger charge is 2.21. The molecule has 0 amide bonds. The van der Waals surface area contributed by atoms with Gasteiger partial charge in [-0.3, -0.25) is 14.9 Å². The smallest absolute Gasteiger partial charge is 0.123 e. The van der Waals surface area contributed by atoms with Crippen LogP contribution in [0.2, 0.25) is 0 Å². The quantitative estimate of drug-likeness (QED) is 0.666. The summed E-state index contributed by atoms with van der Waals surface area (Å²) < 4.78 is 13.4. The van der Waals surface area contributed by atoms with Gasteiger partial charge in [0.15, 0.2) is 0 Å². The van der Waals surface area contributed by atoms with Crippen molar-refractivity contribution in [2.45, 2.75) is 31.7 Å². The molecule has 0 aliphatic carbocycles. The molecule has 2 aromatic heterocycles. The van der Waals surface area contributed by atoms with Gasteiger partial charge in [-0.25, -0.2) is 4.39 Å². The molecule has 0 unspecified atom stereocenters. The first-order chi connectivity index (χ1) is 13.3. The topological polar surface area (TPSA) is 29.0 Å². The van der Waals surface area contributed by atoms with Crippen molar-refractivity contribution in [1.29, 1.82) is 0 Å². The van der Waals surface area contributed by atoms with E-state index in [1.165, 1.54) is 17.3 Å². The van der Waals surface area contributed by atoms with Crippen LogP contribution in [0, 0.1) is 5.82 Å². The molecule has 3 heterocycles. The number of aromatic nitrogens is 2. The van der Waals surface area contributed by atoms with Gasteiger partial charge in [0.2, 0.25) is 0 Å². The van der Waals surface area contributed by atoms with E-state index in [4.69, 9.17) is 4.98 Å². The Labute approximate surface area is 159 Å². The summed E-state index contributed by atoms with van der Waals surface area (Å²) in [5, 5.41) is 0. The molecule has 0 N–H and O–H groups in total. The van der Waals surface area contributed by atoms with Crippen LogP contribution in [0.5, 0.6) is 0 Å². The van der Waals surface area contributed by atoms with Gasteiger partial charge < -0.3 is 0 Å². The van der Waals surface area contributed by atoms with E-state index < -0.39 is 0 Å². The van der Waals surface area contributed by atoms with E-state index in [1.807, 2.05) is 24.5 Å². The van der Waals surface area contributed by atoms with Gasteiger partial charge >= 0.3 is 0 Å². The summed E-state index contributed by atoms with van der Waals surface area (Å²) in [5.74, 6) is 0.316. The van der Waals surface area contributed by atoms with Crippen LogP contribution in [0.1, 0.15) is 41.3 Å². The molecular weight excluding hydrogens is 337 g/mol. The molecule has 0 spiro atoms. The molecule has 0 bridgehead atoms. The predicted octanol–water partition coefficient (Wildman–Crippen LogP) is 4.59. The van der Waals surface area contributed by atoms with Gasteiger partial charge in [-0.15, -0.1) is 0 Å². The summed E-state index contributed by atoms with van der Waals surface area (Å²) in [6.45, 7) is 3.16. The molecule has 0 saturated carbocycles. The first-order valence-electron chi connectivity index (χ1n) is 9.58. The first-order valence-corrected chi connectivity index (χ1v) is 9.58. The summed E-state index contributed by atoms with van der Waals surface area (Å²) in [6, 6.07) is 17.2. The SMILES string of the molecule is Fc1cccc(Cc2cccc(C3CCN(Cc4ccncc4)CC3)n2)c1. The van der Waals surface area contributed by atoms with Crippen molar-refractivity contribution in [2.24, 2.45) is 0 Å². The third-order valence-corrected chi connectivity index (χ3v) is 5.26. The van der Waals surface area contributed by atoms with E-state index >= 15 is 0 Å². The summed E-state index contributed by atoms with van der Waals surface area (Å²) in [5.41, 5.74) is 4.47. The maximum absolute atomic E-state index is 13.4. The van der Waals surface area contributed by atoms with E-state index in [9.17, 15) is 4.39 Å². The van der Waals surface area contributed by atoms with Crippen molar-refractivity contribution in [3.05, 3.63) is 95.3 Å². The minimum absolute atomic E-state index is 0.190. The maximum atomic E-state index is 13.4. The summed E-state index contributed by atoms with van der Waals surface area (Å²) in [4.78, 5) is 11.5. The minimum atomic E-state index is -0.190. The number of hydrogen-bond acceptors (Lipinski definition) is 3. The number of halogens is 1. The van der Waals surface area contributed by atoms with E-state index in [-0.39, 0.29) is 5.82 Å². The lowest BCUT2D eigenvalue weighted by Crippen LogP contribution is -2.32. The molecule has 0 radical (unpaired) electrons. The van der Waals surface area contributed by atoms with Crippen molar-refractivity contribution in [3.63, 3.8) is 0 Å². The lowest BCUT2D eigenvalue weighted by molar-refractivity contribution is 0.203. The van der Waals surface area contributed by atoms with E-state index in [1.54, 1.807) is 12.1 Å². The van der Waals surface area contributed by atoms with Crippen molar-refractivity contribution in [2.75, 3.05) is 13.1 Å². The van der Waals surface area contributed by atoms with Crippen LogP contribution in [0.3, 0.4) is 0 Å². The van der Waals surface area contributed by atoms with Crippen LogP contribution in [0.4, 0.5) is 4.39 Å². The largest absolute Gasteiger partial charge is 0.299 e. The van der Waals surface area contributed by atoms with Crippen molar-refractivity contribution < 1.29 is 4.39 Å². The fourth-order valence-electron chi connectivity index (χ4n) is 3.81. The van der Waals surface area contributed by atoms with Gasteiger partial charge in [-0.2, -0.15) is 0 Å². The Morgan fingerprint density at radius 2 is 1.70 bits per heavy atom. The zero-order valence-electron chi connectivity index (χ0n) is 15.4. The van der Waals surface area contributed by atoms with Gasteiger partial charge in [0, 0.05) is 42.7 Å². The fourth-order valence-corrected chi connectivity index (χ4v) is 3.81. The number of nitrogens with zero attached hydrogens (tertiary/aromatic N) is 3. The lowest BCUT2D eigenvalue weighted by Gasteiger charge is -2.31. The summed E-state index contributed by atoms with van der Waals surface area (Å²) in [6.07, 6.45) is 6.64. The normalized spacial score (nSPS) is 15.7. The molecule has 1 saturated heterocycles. The van der Waals surface area contributed by atoms with Gasteiger partial charge in [0.05, 0.1) is 0 Å². The molecule has 27 heavy (non-hydrogen) atoms. The van der Waals surface area contributed by atoms with Crippen LogP contribution in [-0.4, -0.2) is 28.0 Å². The maximum Gasteiger partial charge on any atom is 0.123 e. The van der Waals surface area contributed by atoms with Crippen molar-refractivity contribution >= 4 is 0 Å². The molecule has 1 aliphatic heterocycles. The molecule has 1 aliphatic rings. The monoisotopic (exact) mass is 361 g/mol. The Hall–Kier alpha value is -2.59. The molecule has 0 atom stereocenters. The summed E-state index contributed by atoms with van der Waals surface area (Å²) >= 11 is 0. The second kappa shape index (κ2) is 8.40. The van der Waals surface area contributed by atoms with Gasteiger partial charge in [-0.1, -0.05) is 18.2 Å². The van der Waals surface area contributed by atoms with Crippen LogP contribution < -0.4 is 0 Å². The second-order valence-corrected chi connectivity index (χ2v) is 7.27. The molecule has 1 fully saturated rings. The van der Waals surface area contributed by atoms with Crippen LogP contribution in [0.25, 0.3) is 0 Å². The molecule has 1 aromatic carbocycles. The van der Waals surface area contributed by atoms with Crippen LogP contribution in [-0.2, 0) is 13.0 Å². The number of pyridine rings is 2. The number of piperidine rings is 1. The highest BCUT2D eigenvalue weighted by Crippen LogP contribution is 2.27. The van der Waals surface area contributed by atoms with Crippen molar-refractivity contribution in [1.82, 2.24) is 14.9 Å². The average molecular weight is 361 g/mol. The van der Waals surface area contributed by atoms with Gasteiger partial charge in [0.25, 0.3) is 0 Å². The molecule has 138 valence electrons. The van der Waals surface area contributed by atoms with Gasteiger partial charge in [-0.05, 0) is 73.5 Å². The van der Waals surface area contributed by atoms with Crippen molar-refractivity contribution in [3.8, 4) is 0 Å². The first kappa shape index (κ1) is 17.8. The van der Waals surface area contributed by atoms with E-state index in [0.29, 0.717) is 12.3 Å². The van der Waals surface area contributed by atoms with Gasteiger partial charge in [0.1, 0.15) is 5.82 Å². The number of benzene rings is 1. The zero-order chi connectivity index (χ0) is 18.5. The van der Waals surface area contributed by atoms with Crippen LogP contribution >= 0.6 is 0 Å². The Morgan fingerprint density at radius 3 is 2.48 bits per heavy atom. The Morgan fingerprint density at radius 1 is 0.926 bits per heavy atom. The highest BCUT2D eigenvalue weighted by atomic mass is 19.1. The predicted molar refractivity (Wildman–Crippen MR) is 105 cm³/mol. The molecule has 4 heteroatoms. The van der Waals surface area contributed by atoms with E-state index in [0.717, 1.165) is 43.7 Å². The molecular formula is C23H24FN3. The third kappa shape index (κ3) is 4.77. The average Bonchev–Trinajstić information content (AvgIpc) is 2.70. The molecule has 4 rings (SSSR count). The third-order valence-electron chi connectivity index (χ3n) is 5.26. The Balaban J connectivity index is 1.37. The highest BCUT2D eigenvalue weighted by molar-refractivity contribution is 5.24. The minimum Gasteiger partial charge on any atom is -0.299 e. The lowest BCUT2D eigenvalue weighted by atomic mass is 9.92. The Kier molecular flexibility index (Phi) is 5.54.